The van der Waals surface area contributed by atoms with E-state index in [-0.39, 0.29) is 18.0 Å². The minimum absolute atomic E-state index is 0.104. The molecule has 2 aromatic rings. The van der Waals surface area contributed by atoms with Gasteiger partial charge >= 0.3 is 0 Å². The van der Waals surface area contributed by atoms with Gasteiger partial charge in [-0.3, -0.25) is 4.79 Å². The number of carbonyl (C=O) groups excluding carboxylic acids is 1. The minimum Gasteiger partial charge on any atom is -0.497 e. The predicted octanol–water partition coefficient (Wildman–Crippen LogP) is 3.31. The van der Waals surface area contributed by atoms with Crippen LogP contribution in [0.25, 0.3) is 0 Å². The van der Waals surface area contributed by atoms with E-state index in [9.17, 15) is 13.2 Å². The van der Waals surface area contributed by atoms with Crippen LogP contribution in [-0.4, -0.2) is 38.8 Å². The van der Waals surface area contributed by atoms with Gasteiger partial charge in [-0.2, -0.15) is 4.31 Å². The number of nitrogens with one attached hydrogen (secondary N) is 1. The molecule has 0 aliphatic heterocycles. The Balaban J connectivity index is 2.16. The van der Waals surface area contributed by atoms with Crippen molar-refractivity contribution in [1.29, 1.82) is 0 Å². The van der Waals surface area contributed by atoms with Crippen LogP contribution < -0.4 is 10.1 Å². The number of likely N-dealkylation sites (N-methyl/N-ethyl adjacent to an activating group) is 1. The summed E-state index contributed by atoms with van der Waals surface area (Å²) in [6.07, 6.45) is 0. The maximum atomic E-state index is 12.8. The number of hydrogen-bond donors (Lipinski definition) is 1. The molecule has 0 atom stereocenters. The molecule has 0 unspecified atom stereocenters. The zero-order valence-electron chi connectivity index (χ0n) is 14.8. The van der Waals surface area contributed by atoms with Crippen LogP contribution in [0.15, 0.2) is 47.4 Å². The Bertz CT molecular complexity index is 883. The highest BCUT2D eigenvalue weighted by Crippen LogP contribution is 2.21. The van der Waals surface area contributed by atoms with E-state index in [0.29, 0.717) is 16.5 Å². The average Bonchev–Trinajstić information content (AvgIpc) is 2.62. The van der Waals surface area contributed by atoms with Crippen molar-refractivity contribution in [2.45, 2.75) is 18.7 Å². The molecule has 0 radical (unpaired) electrons. The lowest BCUT2D eigenvalue weighted by atomic mass is 10.2. The summed E-state index contributed by atoms with van der Waals surface area (Å²) in [6, 6.07) is 11.2. The number of carbonyl (C=O) groups is 1. The van der Waals surface area contributed by atoms with Crippen LogP contribution in [0.3, 0.4) is 0 Å². The maximum Gasteiger partial charge on any atom is 0.243 e. The van der Waals surface area contributed by atoms with Gasteiger partial charge in [0.2, 0.25) is 15.9 Å². The predicted molar refractivity (Wildman–Crippen MR) is 102 cm³/mol. The number of sulfonamides is 1. The van der Waals surface area contributed by atoms with Crippen molar-refractivity contribution in [2.24, 2.45) is 0 Å². The molecule has 0 spiro atoms. The molecule has 1 N–H and O–H groups in total. The number of ether oxygens (including phenoxy) is 1. The molecule has 26 heavy (non-hydrogen) atoms. The van der Waals surface area contributed by atoms with Gasteiger partial charge in [-0.15, -0.1) is 0 Å². The van der Waals surface area contributed by atoms with Crippen molar-refractivity contribution < 1.29 is 17.9 Å². The second-order valence-corrected chi connectivity index (χ2v) is 7.99. The van der Waals surface area contributed by atoms with Crippen LogP contribution >= 0.6 is 11.6 Å². The van der Waals surface area contributed by atoms with Crippen LogP contribution in [0.1, 0.15) is 12.5 Å². The summed E-state index contributed by atoms with van der Waals surface area (Å²) in [5.74, 6) is 0.121. The van der Waals surface area contributed by atoms with Crippen molar-refractivity contribution >= 4 is 33.2 Å². The van der Waals surface area contributed by atoms with Gasteiger partial charge in [0.05, 0.1) is 18.6 Å². The SMILES string of the molecule is CCN(CC(=O)Nc1cc(Cl)ccc1C)S(=O)(=O)c1ccc(OC)cc1. The van der Waals surface area contributed by atoms with Gasteiger partial charge in [0, 0.05) is 17.3 Å². The van der Waals surface area contributed by atoms with Crippen LogP contribution in [0.5, 0.6) is 5.75 Å². The molecule has 1 amide bonds. The first-order valence-electron chi connectivity index (χ1n) is 7.98. The van der Waals surface area contributed by atoms with Crippen molar-refractivity contribution in [3.63, 3.8) is 0 Å². The highest BCUT2D eigenvalue weighted by atomic mass is 35.5. The third kappa shape index (κ3) is 4.75. The van der Waals surface area contributed by atoms with Crippen molar-refractivity contribution in [3.05, 3.63) is 53.1 Å². The lowest BCUT2D eigenvalue weighted by molar-refractivity contribution is -0.116. The Kier molecular flexibility index (Phi) is 6.63. The molecule has 0 aliphatic rings. The molecular weight excluding hydrogens is 376 g/mol. The number of anilines is 1. The Morgan fingerprint density at radius 3 is 2.42 bits per heavy atom. The standard InChI is InChI=1S/C18H21ClN2O4S/c1-4-21(26(23,24)16-9-7-15(25-3)8-10-16)12-18(22)20-17-11-14(19)6-5-13(17)2/h5-11H,4,12H2,1-3H3,(H,20,22). The van der Waals surface area contributed by atoms with E-state index in [1.807, 2.05) is 6.92 Å². The molecule has 8 heteroatoms. The monoisotopic (exact) mass is 396 g/mol. The van der Waals surface area contributed by atoms with Gasteiger partial charge < -0.3 is 10.1 Å². The molecular formula is C18H21ClN2O4S. The van der Waals surface area contributed by atoms with Gasteiger partial charge in [-0.1, -0.05) is 24.6 Å². The van der Waals surface area contributed by atoms with Crippen molar-refractivity contribution in [3.8, 4) is 5.75 Å². The van der Waals surface area contributed by atoms with Crippen LogP contribution in [0.4, 0.5) is 5.69 Å². The van der Waals surface area contributed by atoms with E-state index >= 15 is 0 Å². The van der Waals surface area contributed by atoms with E-state index in [1.54, 1.807) is 37.3 Å². The van der Waals surface area contributed by atoms with E-state index in [0.717, 1.165) is 9.87 Å². The molecule has 0 aliphatic carbocycles. The van der Waals surface area contributed by atoms with Gasteiger partial charge in [-0.25, -0.2) is 8.42 Å². The normalized spacial score (nSPS) is 11.4. The van der Waals surface area contributed by atoms with Crippen LogP contribution in [0.2, 0.25) is 5.02 Å². The number of hydrogen-bond acceptors (Lipinski definition) is 4. The summed E-state index contributed by atoms with van der Waals surface area (Å²) in [6.45, 7) is 3.38. The molecule has 140 valence electrons. The summed E-state index contributed by atoms with van der Waals surface area (Å²) in [7, 11) is -2.29. The molecule has 2 rings (SSSR count). The van der Waals surface area contributed by atoms with E-state index in [4.69, 9.17) is 16.3 Å². The zero-order chi connectivity index (χ0) is 19.3. The van der Waals surface area contributed by atoms with E-state index < -0.39 is 15.9 Å². The Hall–Kier alpha value is -2.09. The second-order valence-electron chi connectivity index (χ2n) is 5.61. The first-order chi connectivity index (χ1) is 12.3. The van der Waals surface area contributed by atoms with Gasteiger partial charge in [0.15, 0.2) is 0 Å². The first kappa shape index (κ1) is 20.2. The van der Waals surface area contributed by atoms with Crippen molar-refractivity contribution in [1.82, 2.24) is 4.31 Å². The molecule has 0 fully saturated rings. The molecule has 0 saturated heterocycles. The molecule has 0 heterocycles. The van der Waals surface area contributed by atoms with E-state index in [2.05, 4.69) is 5.32 Å². The maximum absolute atomic E-state index is 12.8. The van der Waals surface area contributed by atoms with Crippen LogP contribution in [-0.2, 0) is 14.8 Å². The quantitative estimate of drug-likeness (QED) is 0.779. The minimum atomic E-state index is -3.79. The first-order valence-corrected chi connectivity index (χ1v) is 9.80. The highest BCUT2D eigenvalue weighted by molar-refractivity contribution is 7.89. The number of benzene rings is 2. The van der Waals surface area contributed by atoms with Gasteiger partial charge in [0.1, 0.15) is 5.75 Å². The number of nitrogens with zero attached hydrogens (tertiary/aromatic N) is 1. The van der Waals surface area contributed by atoms with E-state index in [1.165, 1.54) is 19.2 Å². The fourth-order valence-electron chi connectivity index (χ4n) is 2.34. The summed E-state index contributed by atoms with van der Waals surface area (Å²) in [5, 5.41) is 3.20. The highest BCUT2D eigenvalue weighted by Gasteiger charge is 2.25. The second kappa shape index (κ2) is 8.53. The van der Waals surface area contributed by atoms with Gasteiger partial charge in [0.25, 0.3) is 0 Å². The number of amides is 1. The number of halogens is 1. The Labute approximate surface area is 158 Å². The summed E-state index contributed by atoms with van der Waals surface area (Å²) < 4.78 is 31.7. The van der Waals surface area contributed by atoms with Gasteiger partial charge in [-0.05, 0) is 48.9 Å². The third-order valence-corrected chi connectivity index (χ3v) is 6.01. The lowest BCUT2D eigenvalue weighted by Gasteiger charge is -2.20. The Morgan fingerprint density at radius 2 is 1.85 bits per heavy atom. The third-order valence-electron chi connectivity index (χ3n) is 3.84. The summed E-state index contributed by atoms with van der Waals surface area (Å²) >= 11 is 5.94. The largest absolute Gasteiger partial charge is 0.497 e. The molecule has 6 nitrogen and oxygen atoms in total. The number of rotatable bonds is 7. The van der Waals surface area contributed by atoms with Crippen molar-refractivity contribution in [2.75, 3.05) is 25.5 Å². The topological polar surface area (TPSA) is 75.7 Å². The molecule has 0 saturated carbocycles. The molecule has 0 bridgehead atoms. The number of methoxy groups -OCH3 is 1. The molecule has 2 aromatic carbocycles. The Morgan fingerprint density at radius 1 is 1.19 bits per heavy atom. The zero-order valence-corrected chi connectivity index (χ0v) is 16.4. The lowest BCUT2D eigenvalue weighted by Crippen LogP contribution is -2.37. The fraction of sp³-hybridized carbons (Fsp3) is 0.278. The van der Waals surface area contributed by atoms with Crippen LogP contribution in [0, 0.1) is 6.92 Å². The number of aryl methyl sites for hydroxylation is 1. The fourth-order valence-corrected chi connectivity index (χ4v) is 3.92. The summed E-state index contributed by atoms with van der Waals surface area (Å²) in [4.78, 5) is 12.4. The summed E-state index contributed by atoms with van der Waals surface area (Å²) in [5.41, 5.74) is 1.39. The average molecular weight is 397 g/mol. The molecule has 0 aromatic heterocycles. The smallest absolute Gasteiger partial charge is 0.243 e.